The van der Waals surface area contributed by atoms with Crippen molar-refractivity contribution in [3.63, 3.8) is 0 Å². The van der Waals surface area contributed by atoms with Gasteiger partial charge in [-0.1, -0.05) is 36.4 Å². The first-order chi connectivity index (χ1) is 12.5. The summed E-state index contributed by atoms with van der Waals surface area (Å²) in [5, 5.41) is 8.68. The van der Waals surface area contributed by atoms with E-state index in [1.807, 2.05) is 56.3 Å². The molecule has 1 heterocycles. The first kappa shape index (κ1) is 17.9. The molecule has 1 amide bonds. The monoisotopic (exact) mass is 368 g/mol. The zero-order valence-electron chi connectivity index (χ0n) is 14.9. The lowest BCUT2D eigenvalue weighted by Crippen LogP contribution is -2.22. The number of nitrogens with one attached hydrogen (secondary N) is 2. The highest BCUT2D eigenvalue weighted by Crippen LogP contribution is 2.33. The van der Waals surface area contributed by atoms with Crippen LogP contribution in [0, 0.1) is 13.8 Å². The minimum atomic E-state index is -0.441. The van der Waals surface area contributed by atoms with Crippen molar-refractivity contribution in [1.29, 1.82) is 0 Å². The molecule has 0 unspecified atom stereocenters. The van der Waals surface area contributed by atoms with Crippen molar-refractivity contribution in [1.82, 2.24) is 0 Å². The molecule has 1 aromatic heterocycles. The number of fused-ring (bicyclic) bond motifs is 1. The van der Waals surface area contributed by atoms with E-state index in [-0.39, 0.29) is 12.5 Å². The average Bonchev–Trinajstić information content (AvgIpc) is 2.92. The van der Waals surface area contributed by atoms with E-state index in [1.54, 1.807) is 0 Å². The molecule has 0 saturated heterocycles. The van der Waals surface area contributed by atoms with Crippen molar-refractivity contribution in [2.75, 3.05) is 24.3 Å². The molecule has 3 aromatic rings. The molecule has 0 fully saturated rings. The van der Waals surface area contributed by atoms with E-state index in [0.717, 1.165) is 26.9 Å². The molecule has 0 saturated carbocycles. The lowest BCUT2D eigenvalue weighted by Gasteiger charge is -2.10. The first-order valence-corrected chi connectivity index (χ1v) is 9.02. The summed E-state index contributed by atoms with van der Waals surface area (Å²) in [6.45, 7) is 3.86. The maximum Gasteiger partial charge on any atom is 0.341 e. The minimum absolute atomic E-state index is 0.102. The first-order valence-electron chi connectivity index (χ1n) is 8.21. The molecule has 5 nitrogen and oxygen atoms in total. The number of carbonyl (C=O) groups is 2. The Labute approximate surface area is 156 Å². The predicted molar refractivity (Wildman–Crippen MR) is 106 cm³/mol. The zero-order valence-corrected chi connectivity index (χ0v) is 15.7. The van der Waals surface area contributed by atoms with Gasteiger partial charge in [0.2, 0.25) is 5.91 Å². The molecule has 3 rings (SSSR count). The molecular formula is C20H20N2O3S. The standard InChI is InChI=1S/C20H20N2O3S/c1-12-13(2)26-19(18(12)20(24)25-3)22-17(23)11-21-16-10-6-8-14-7-4-5-9-15(14)16/h4-10,21H,11H2,1-3H3,(H,22,23). The van der Waals surface area contributed by atoms with E-state index in [9.17, 15) is 9.59 Å². The second kappa shape index (κ2) is 7.58. The zero-order chi connectivity index (χ0) is 18.7. The van der Waals surface area contributed by atoms with Gasteiger partial charge in [0.05, 0.1) is 19.2 Å². The molecule has 0 aliphatic rings. The smallest absolute Gasteiger partial charge is 0.341 e. The number of ether oxygens (including phenoxy) is 1. The Morgan fingerprint density at radius 1 is 1.08 bits per heavy atom. The van der Waals surface area contributed by atoms with Gasteiger partial charge < -0.3 is 15.4 Å². The molecule has 0 spiro atoms. The third-order valence-corrected chi connectivity index (χ3v) is 5.38. The van der Waals surface area contributed by atoms with Gasteiger partial charge in [-0.3, -0.25) is 4.79 Å². The summed E-state index contributed by atoms with van der Waals surface area (Å²) in [7, 11) is 1.34. The van der Waals surface area contributed by atoms with Crippen LogP contribution in [-0.4, -0.2) is 25.5 Å². The Morgan fingerprint density at radius 2 is 1.81 bits per heavy atom. The van der Waals surface area contributed by atoms with E-state index in [2.05, 4.69) is 10.6 Å². The van der Waals surface area contributed by atoms with Crippen molar-refractivity contribution in [2.24, 2.45) is 0 Å². The molecule has 0 aliphatic heterocycles. The second-order valence-electron chi connectivity index (χ2n) is 5.91. The number of methoxy groups -OCH3 is 1. The topological polar surface area (TPSA) is 67.4 Å². The molecule has 6 heteroatoms. The highest BCUT2D eigenvalue weighted by atomic mass is 32.1. The number of thiophene rings is 1. The number of benzene rings is 2. The molecule has 134 valence electrons. The molecule has 0 radical (unpaired) electrons. The number of rotatable bonds is 5. The Morgan fingerprint density at radius 3 is 2.58 bits per heavy atom. The van der Waals surface area contributed by atoms with Crippen LogP contribution in [-0.2, 0) is 9.53 Å². The molecule has 26 heavy (non-hydrogen) atoms. The van der Waals surface area contributed by atoms with Crippen LogP contribution in [0.25, 0.3) is 10.8 Å². The van der Waals surface area contributed by atoms with Gasteiger partial charge in [0.25, 0.3) is 0 Å². The van der Waals surface area contributed by atoms with Crippen LogP contribution in [0.3, 0.4) is 0 Å². The van der Waals surface area contributed by atoms with Crippen LogP contribution < -0.4 is 10.6 Å². The van der Waals surface area contributed by atoms with Gasteiger partial charge in [0, 0.05) is 16.0 Å². The molecule has 2 aromatic carbocycles. The SMILES string of the molecule is COC(=O)c1c(NC(=O)CNc2cccc3ccccc23)sc(C)c1C. The van der Waals surface area contributed by atoms with Gasteiger partial charge in [-0.05, 0) is 30.9 Å². The lowest BCUT2D eigenvalue weighted by molar-refractivity contribution is -0.114. The van der Waals surface area contributed by atoms with Gasteiger partial charge in [-0.15, -0.1) is 11.3 Å². The maximum absolute atomic E-state index is 12.4. The highest BCUT2D eigenvalue weighted by Gasteiger charge is 2.21. The quantitative estimate of drug-likeness (QED) is 0.657. The number of anilines is 2. The number of aryl methyl sites for hydroxylation is 1. The van der Waals surface area contributed by atoms with Crippen molar-refractivity contribution in [2.45, 2.75) is 13.8 Å². The molecule has 0 atom stereocenters. The summed E-state index contributed by atoms with van der Waals surface area (Å²) < 4.78 is 4.83. The van der Waals surface area contributed by atoms with Crippen molar-refractivity contribution in [3.05, 3.63) is 58.5 Å². The summed E-state index contributed by atoms with van der Waals surface area (Å²) in [6.07, 6.45) is 0. The van der Waals surface area contributed by atoms with Gasteiger partial charge in [-0.2, -0.15) is 0 Å². The van der Waals surface area contributed by atoms with E-state index < -0.39 is 5.97 Å². The summed E-state index contributed by atoms with van der Waals surface area (Å²) in [5.41, 5.74) is 2.15. The van der Waals surface area contributed by atoms with E-state index >= 15 is 0 Å². The van der Waals surface area contributed by atoms with E-state index in [4.69, 9.17) is 4.74 Å². The summed E-state index contributed by atoms with van der Waals surface area (Å²) in [4.78, 5) is 25.4. The molecular weight excluding hydrogens is 348 g/mol. The summed E-state index contributed by atoms with van der Waals surface area (Å²) >= 11 is 1.38. The summed E-state index contributed by atoms with van der Waals surface area (Å²) in [6, 6.07) is 13.9. The Hall–Kier alpha value is -2.86. The maximum atomic E-state index is 12.4. The third kappa shape index (κ3) is 3.55. The van der Waals surface area contributed by atoms with Gasteiger partial charge >= 0.3 is 5.97 Å². The molecule has 2 N–H and O–H groups in total. The van der Waals surface area contributed by atoms with Crippen LogP contribution >= 0.6 is 11.3 Å². The Balaban J connectivity index is 1.74. The van der Waals surface area contributed by atoms with E-state index in [0.29, 0.717) is 10.6 Å². The highest BCUT2D eigenvalue weighted by molar-refractivity contribution is 7.16. The lowest BCUT2D eigenvalue weighted by atomic mass is 10.1. The van der Waals surface area contributed by atoms with Gasteiger partial charge in [0.15, 0.2) is 0 Å². The van der Waals surface area contributed by atoms with E-state index in [1.165, 1.54) is 18.4 Å². The minimum Gasteiger partial charge on any atom is -0.465 e. The number of carbonyl (C=O) groups excluding carboxylic acids is 2. The molecule has 0 aliphatic carbocycles. The molecule has 0 bridgehead atoms. The third-order valence-electron chi connectivity index (χ3n) is 4.26. The fourth-order valence-corrected chi connectivity index (χ4v) is 3.85. The number of hydrogen-bond donors (Lipinski definition) is 2. The van der Waals surface area contributed by atoms with Crippen LogP contribution in [0.5, 0.6) is 0 Å². The number of amides is 1. The Kier molecular flexibility index (Phi) is 5.23. The number of hydrogen-bond acceptors (Lipinski definition) is 5. The van der Waals surface area contributed by atoms with Gasteiger partial charge in [-0.25, -0.2) is 4.79 Å². The summed E-state index contributed by atoms with van der Waals surface area (Å²) in [5.74, 6) is -0.659. The van der Waals surface area contributed by atoms with Crippen molar-refractivity contribution in [3.8, 4) is 0 Å². The van der Waals surface area contributed by atoms with Crippen LogP contribution in [0.15, 0.2) is 42.5 Å². The largest absolute Gasteiger partial charge is 0.465 e. The van der Waals surface area contributed by atoms with Crippen LogP contribution in [0.4, 0.5) is 10.7 Å². The van der Waals surface area contributed by atoms with Crippen molar-refractivity contribution >= 4 is 44.7 Å². The fraction of sp³-hybridized carbons (Fsp3) is 0.200. The van der Waals surface area contributed by atoms with Crippen LogP contribution in [0.1, 0.15) is 20.8 Å². The Bertz CT molecular complexity index is 973. The fourth-order valence-electron chi connectivity index (χ4n) is 2.79. The average molecular weight is 368 g/mol. The van der Waals surface area contributed by atoms with Gasteiger partial charge in [0.1, 0.15) is 5.00 Å². The second-order valence-corrected chi connectivity index (χ2v) is 7.13. The van der Waals surface area contributed by atoms with Crippen molar-refractivity contribution < 1.29 is 14.3 Å². The van der Waals surface area contributed by atoms with Crippen LogP contribution in [0.2, 0.25) is 0 Å². The predicted octanol–water partition coefficient (Wildman–Crippen LogP) is 4.36. The normalized spacial score (nSPS) is 10.6. The number of esters is 1.